The van der Waals surface area contributed by atoms with E-state index in [1.54, 1.807) is 34.6 Å². The lowest BCUT2D eigenvalue weighted by atomic mass is 9.90. The molecule has 8 nitrogen and oxygen atoms in total. The van der Waals surface area contributed by atoms with Crippen molar-refractivity contribution in [3.63, 3.8) is 0 Å². The Labute approximate surface area is 141 Å². The van der Waals surface area contributed by atoms with Crippen LogP contribution in [0.2, 0.25) is 0 Å². The number of amides is 1. The van der Waals surface area contributed by atoms with Crippen LogP contribution in [0.4, 0.5) is 4.79 Å². The normalized spacial score (nSPS) is 19.3. The Kier molecular flexibility index (Phi) is 5.63. The van der Waals surface area contributed by atoms with Crippen LogP contribution in [-0.4, -0.2) is 41.2 Å². The topological polar surface area (TPSA) is 108 Å². The van der Waals surface area contributed by atoms with E-state index in [0.717, 1.165) is 0 Å². The van der Waals surface area contributed by atoms with Crippen molar-refractivity contribution in [2.24, 2.45) is 11.8 Å². The van der Waals surface area contributed by atoms with Crippen molar-refractivity contribution >= 4 is 23.8 Å². The summed E-state index contributed by atoms with van der Waals surface area (Å²) in [5.74, 6) is -6.28. The first-order chi connectivity index (χ1) is 10.7. The Hall–Kier alpha value is -2.12. The number of hydrogen-bond donors (Lipinski definition) is 1. The van der Waals surface area contributed by atoms with Crippen molar-refractivity contribution in [1.82, 2.24) is 5.32 Å². The average molecular weight is 343 g/mol. The number of nitrogens with one attached hydrogen (secondary N) is 1. The van der Waals surface area contributed by atoms with Gasteiger partial charge in [-0.2, -0.15) is 0 Å². The van der Waals surface area contributed by atoms with E-state index in [1.807, 2.05) is 0 Å². The zero-order chi connectivity index (χ0) is 18.9. The quantitative estimate of drug-likeness (QED) is 0.609. The van der Waals surface area contributed by atoms with Crippen molar-refractivity contribution in [3.8, 4) is 0 Å². The van der Waals surface area contributed by atoms with Crippen molar-refractivity contribution in [2.45, 2.75) is 65.9 Å². The van der Waals surface area contributed by atoms with Crippen molar-refractivity contribution in [2.75, 3.05) is 0 Å². The third kappa shape index (κ3) is 5.21. The van der Waals surface area contributed by atoms with E-state index in [2.05, 4.69) is 5.32 Å². The third-order valence-electron chi connectivity index (χ3n) is 3.09. The predicted octanol–water partition coefficient (Wildman–Crippen LogP) is 1.56. The highest BCUT2D eigenvalue weighted by Gasteiger charge is 2.49. The first kappa shape index (κ1) is 19.9. The summed E-state index contributed by atoms with van der Waals surface area (Å²) in [6.07, 6.45) is -0.813. The number of cyclic esters (lactones) is 2. The molecule has 1 aliphatic rings. The molecule has 0 aromatic rings. The maximum Gasteiger partial charge on any atom is 0.408 e. The van der Waals surface area contributed by atoms with Gasteiger partial charge >= 0.3 is 18.0 Å². The number of carbonyl (C=O) groups is 4. The second kappa shape index (κ2) is 6.78. The van der Waals surface area contributed by atoms with Gasteiger partial charge < -0.3 is 19.5 Å². The molecule has 0 aliphatic carbocycles. The van der Waals surface area contributed by atoms with Crippen LogP contribution in [0.5, 0.6) is 0 Å². The molecule has 0 bridgehead atoms. The molecule has 1 rings (SSSR count). The van der Waals surface area contributed by atoms with Crippen molar-refractivity contribution in [1.29, 1.82) is 0 Å². The Bertz CT molecular complexity index is 525. The van der Waals surface area contributed by atoms with Crippen molar-refractivity contribution in [3.05, 3.63) is 0 Å². The molecule has 0 radical (unpaired) electrons. The van der Waals surface area contributed by atoms with Crippen LogP contribution >= 0.6 is 0 Å². The minimum absolute atomic E-state index is 0.374. The van der Waals surface area contributed by atoms with E-state index in [4.69, 9.17) is 14.2 Å². The predicted molar refractivity (Wildman–Crippen MR) is 82.8 cm³/mol. The van der Waals surface area contributed by atoms with Crippen LogP contribution in [0, 0.1) is 11.8 Å². The molecule has 0 aromatic heterocycles. The second-order valence-corrected chi connectivity index (χ2v) is 7.45. The van der Waals surface area contributed by atoms with Crippen LogP contribution < -0.4 is 5.32 Å². The number of ether oxygens (including phenoxy) is 3. The van der Waals surface area contributed by atoms with Gasteiger partial charge in [-0.1, -0.05) is 13.8 Å². The van der Waals surface area contributed by atoms with Gasteiger partial charge in [-0.15, -0.1) is 0 Å². The molecule has 1 aliphatic heterocycles. The van der Waals surface area contributed by atoms with Gasteiger partial charge in [0.05, 0.1) is 6.04 Å². The lowest BCUT2D eigenvalue weighted by Gasteiger charge is -2.34. The number of hydrogen-bond acceptors (Lipinski definition) is 7. The standard InChI is InChI=1S/C16H25NO7/c1-8(2)10(17-14(21)24-15(3,4)5)11(18)9-12(19)22-16(6,7)23-13(9)20/h8-10H,1-7H3,(H,17,21)/t10-/m1/s1. The molecule has 1 saturated heterocycles. The highest BCUT2D eigenvalue weighted by Crippen LogP contribution is 2.25. The lowest BCUT2D eigenvalue weighted by molar-refractivity contribution is -0.238. The zero-order valence-electron chi connectivity index (χ0n) is 15.1. The second-order valence-electron chi connectivity index (χ2n) is 7.45. The van der Waals surface area contributed by atoms with Gasteiger partial charge in [-0.05, 0) is 26.7 Å². The Balaban J connectivity index is 2.93. The van der Waals surface area contributed by atoms with E-state index < -0.39 is 47.2 Å². The minimum atomic E-state index is -1.72. The molecule has 0 saturated carbocycles. The molecule has 1 atom stereocenters. The molecule has 0 unspecified atom stereocenters. The summed E-state index contributed by atoms with van der Waals surface area (Å²) >= 11 is 0. The monoisotopic (exact) mass is 343 g/mol. The number of esters is 2. The molecule has 1 amide bonds. The molecule has 24 heavy (non-hydrogen) atoms. The van der Waals surface area contributed by atoms with Crippen LogP contribution in [-0.2, 0) is 28.6 Å². The summed E-state index contributed by atoms with van der Waals surface area (Å²) in [6.45, 7) is 11.2. The number of Topliss-reactive ketones (excluding diaryl/α,β-unsaturated/α-hetero) is 1. The molecule has 136 valence electrons. The van der Waals surface area contributed by atoms with Gasteiger partial charge in [0, 0.05) is 13.8 Å². The minimum Gasteiger partial charge on any atom is -0.444 e. The molecular formula is C16H25NO7. The fourth-order valence-electron chi connectivity index (χ4n) is 2.13. The number of carbonyl (C=O) groups excluding carboxylic acids is 4. The molecule has 1 N–H and O–H groups in total. The SMILES string of the molecule is CC(C)[C@@H](NC(=O)OC(C)(C)C)C(=O)C1C(=O)OC(C)(C)OC1=O. The summed E-state index contributed by atoms with van der Waals surface area (Å²) in [5, 5.41) is 2.41. The molecule has 0 aromatic carbocycles. The molecule has 8 heteroatoms. The summed E-state index contributed by atoms with van der Waals surface area (Å²) in [6, 6.07) is -1.09. The third-order valence-corrected chi connectivity index (χ3v) is 3.09. The summed E-state index contributed by atoms with van der Waals surface area (Å²) in [4.78, 5) is 48.5. The van der Waals surface area contributed by atoms with Gasteiger partial charge in [-0.3, -0.25) is 14.4 Å². The van der Waals surface area contributed by atoms with Gasteiger partial charge in [0.1, 0.15) is 5.60 Å². The lowest BCUT2D eigenvalue weighted by Crippen LogP contribution is -2.55. The summed E-state index contributed by atoms with van der Waals surface area (Å²) in [7, 11) is 0. The van der Waals surface area contributed by atoms with E-state index in [9.17, 15) is 19.2 Å². The largest absolute Gasteiger partial charge is 0.444 e. The highest BCUT2D eigenvalue weighted by atomic mass is 16.7. The Morgan fingerprint density at radius 3 is 1.96 bits per heavy atom. The molecular weight excluding hydrogens is 318 g/mol. The zero-order valence-corrected chi connectivity index (χ0v) is 15.1. The first-order valence-corrected chi connectivity index (χ1v) is 7.72. The fourth-order valence-corrected chi connectivity index (χ4v) is 2.13. The number of ketones is 1. The average Bonchev–Trinajstić information content (AvgIpc) is 2.30. The van der Waals surface area contributed by atoms with Crippen LogP contribution in [0.1, 0.15) is 48.5 Å². The molecule has 1 fully saturated rings. The van der Waals surface area contributed by atoms with E-state index >= 15 is 0 Å². The molecule has 1 heterocycles. The number of rotatable bonds is 4. The van der Waals surface area contributed by atoms with E-state index in [0.29, 0.717) is 0 Å². The molecule has 0 spiro atoms. The fraction of sp³-hybridized carbons (Fsp3) is 0.750. The summed E-state index contributed by atoms with van der Waals surface area (Å²) < 4.78 is 15.0. The van der Waals surface area contributed by atoms with Gasteiger partial charge in [-0.25, -0.2) is 4.79 Å². The van der Waals surface area contributed by atoms with Gasteiger partial charge in [0.2, 0.25) is 5.92 Å². The Morgan fingerprint density at radius 1 is 1.12 bits per heavy atom. The van der Waals surface area contributed by atoms with Crippen LogP contribution in [0.3, 0.4) is 0 Å². The van der Waals surface area contributed by atoms with Gasteiger partial charge in [0.15, 0.2) is 5.78 Å². The van der Waals surface area contributed by atoms with Crippen molar-refractivity contribution < 1.29 is 33.4 Å². The maximum atomic E-state index is 12.6. The van der Waals surface area contributed by atoms with Crippen LogP contribution in [0.15, 0.2) is 0 Å². The highest BCUT2D eigenvalue weighted by molar-refractivity contribution is 6.17. The maximum absolute atomic E-state index is 12.6. The van der Waals surface area contributed by atoms with Crippen LogP contribution in [0.25, 0.3) is 0 Å². The summed E-state index contributed by atoms with van der Waals surface area (Å²) in [5.41, 5.74) is -0.749. The van der Waals surface area contributed by atoms with E-state index in [-0.39, 0.29) is 5.92 Å². The van der Waals surface area contributed by atoms with E-state index in [1.165, 1.54) is 13.8 Å². The Morgan fingerprint density at radius 2 is 1.58 bits per heavy atom. The smallest absolute Gasteiger partial charge is 0.408 e. The number of alkyl carbamates (subject to hydrolysis) is 1. The van der Waals surface area contributed by atoms with Gasteiger partial charge in [0.25, 0.3) is 5.79 Å². The first-order valence-electron chi connectivity index (χ1n) is 7.72.